The third kappa shape index (κ3) is 6.07. The molecule has 0 aromatic heterocycles. The second kappa shape index (κ2) is 10.4. The van der Waals surface area contributed by atoms with E-state index in [1.54, 1.807) is 0 Å². The lowest BCUT2D eigenvalue weighted by atomic mass is 10.2. The van der Waals surface area contributed by atoms with Crippen LogP contribution in [0.25, 0.3) is 0 Å². The number of aliphatic hydroxyl groups excluding tert-OH is 1. The van der Waals surface area contributed by atoms with Crippen LogP contribution in [0.2, 0.25) is 6.04 Å². The standard InChI is InChI=1S/C24H24O5Si/c1-2-23(25)24(26)18-19-30(27-20-12-6-3-7-13-20,28-21-14-8-4-9-15-21)29-22-16-10-5-11-17-22/h2-17,24,26H,1,18-19H2. The molecule has 0 amide bonds. The van der Waals surface area contributed by atoms with E-state index in [1.165, 1.54) is 0 Å². The van der Waals surface area contributed by atoms with Gasteiger partial charge in [0.15, 0.2) is 5.78 Å². The Morgan fingerprint density at radius 1 is 0.800 bits per heavy atom. The van der Waals surface area contributed by atoms with Crippen molar-refractivity contribution in [2.45, 2.75) is 18.6 Å². The molecule has 0 spiro atoms. The van der Waals surface area contributed by atoms with E-state index in [-0.39, 0.29) is 12.5 Å². The largest absolute Gasteiger partial charge is 0.699 e. The van der Waals surface area contributed by atoms with Gasteiger partial charge < -0.3 is 18.4 Å². The molecule has 0 saturated heterocycles. The van der Waals surface area contributed by atoms with Crippen LogP contribution in [0.3, 0.4) is 0 Å². The average molecular weight is 421 g/mol. The topological polar surface area (TPSA) is 65.0 Å². The number of hydrogen-bond donors (Lipinski definition) is 1. The van der Waals surface area contributed by atoms with Crippen LogP contribution in [-0.4, -0.2) is 25.8 Å². The summed E-state index contributed by atoms with van der Waals surface area (Å²) in [4.78, 5) is 11.8. The van der Waals surface area contributed by atoms with E-state index in [0.717, 1.165) is 6.08 Å². The molecule has 0 fully saturated rings. The Labute approximate surface area is 177 Å². The highest BCUT2D eigenvalue weighted by Crippen LogP contribution is 2.28. The predicted octanol–water partition coefficient (Wildman–Crippen LogP) is 4.67. The first-order chi connectivity index (χ1) is 14.6. The maximum absolute atomic E-state index is 11.8. The Balaban J connectivity index is 1.96. The molecule has 30 heavy (non-hydrogen) atoms. The fourth-order valence-corrected chi connectivity index (χ4v) is 5.36. The molecule has 1 unspecified atom stereocenters. The molecule has 3 aromatic rings. The molecule has 154 valence electrons. The van der Waals surface area contributed by atoms with Crippen molar-refractivity contribution in [2.75, 3.05) is 0 Å². The molecular formula is C24H24O5Si. The van der Waals surface area contributed by atoms with Crippen molar-refractivity contribution in [3.05, 3.63) is 104 Å². The number of carbonyl (C=O) groups excluding carboxylic acids is 1. The summed E-state index contributed by atoms with van der Waals surface area (Å²) in [7, 11) is -3.49. The SMILES string of the molecule is C=CC(=O)C(O)CC[Si](Oc1ccccc1)(Oc1ccccc1)Oc1ccccc1. The smallest absolute Gasteiger partial charge is 0.483 e. The fourth-order valence-electron chi connectivity index (χ4n) is 2.81. The van der Waals surface area contributed by atoms with Crippen LogP contribution >= 0.6 is 0 Å². The highest BCUT2D eigenvalue weighted by Gasteiger charge is 2.49. The minimum atomic E-state index is -3.49. The third-order valence-electron chi connectivity index (χ3n) is 4.30. The molecule has 0 heterocycles. The van der Waals surface area contributed by atoms with Crippen LogP contribution in [0.1, 0.15) is 6.42 Å². The Morgan fingerprint density at radius 3 is 1.50 bits per heavy atom. The van der Waals surface area contributed by atoms with Crippen molar-refractivity contribution in [1.29, 1.82) is 0 Å². The number of para-hydroxylation sites is 3. The normalized spacial score (nSPS) is 11.9. The van der Waals surface area contributed by atoms with E-state index in [2.05, 4.69) is 6.58 Å². The lowest BCUT2D eigenvalue weighted by Gasteiger charge is -2.31. The second-order valence-corrected chi connectivity index (χ2v) is 9.07. The molecule has 0 bridgehead atoms. The van der Waals surface area contributed by atoms with Crippen LogP contribution < -0.4 is 13.3 Å². The van der Waals surface area contributed by atoms with Crippen molar-refractivity contribution in [3.63, 3.8) is 0 Å². The molecule has 3 aromatic carbocycles. The number of ketones is 1. The van der Waals surface area contributed by atoms with E-state index in [0.29, 0.717) is 17.2 Å². The summed E-state index contributed by atoms with van der Waals surface area (Å²) in [5, 5.41) is 10.2. The number of aliphatic hydroxyl groups is 1. The molecule has 0 aliphatic heterocycles. The van der Waals surface area contributed by atoms with E-state index < -0.39 is 20.7 Å². The van der Waals surface area contributed by atoms with Crippen molar-refractivity contribution in [1.82, 2.24) is 0 Å². The van der Waals surface area contributed by atoms with Gasteiger partial charge in [0.25, 0.3) is 0 Å². The molecular weight excluding hydrogens is 396 g/mol. The van der Waals surface area contributed by atoms with E-state index in [9.17, 15) is 9.90 Å². The van der Waals surface area contributed by atoms with Crippen LogP contribution in [0.15, 0.2) is 104 Å². The van der Waals surface area contributed by atoms with Crippen LogP contribution in [0.5, 0.6) is 17.2 Å². The van der Waals surface area contributed by atoms with Crippen LogP contribution in [0, 0.1) is 0 Å². The Hall–Kier alpha value is -3.35. The summed E-state index contributed by atoms with van der Waals surface area (Å²) in [6.07, 6.45) is 0.0264. The number of benzene rings is 3. The van der Waals surface area contributed by atoms with Gasteiger partial charge in [-0.1, -0.05) is 61.2 Å². The number of rotatable bonds is 11. The monoisotopic (exact) mass is 420 g/mol. The van der Waals surface area contributed by atoms with E-state index in [4.69, 9.17) is 13.3 Å². The van der Waals surface area contributed by atoms with E-state index >= 15 is 0 Å². The van der Waals surface area contributed by atoms with Crippen LogP contribution in [-0.2, 0) is 4.79 Å². The summed E-state index contributed by atoms with van der Waals surface area (Å²) in [5.41, 5.74) is 0. The van der Waals surface area contributed by atoms with Crippen molar-refractivity contribution in [2.24, 2.45) is 0 Å². The summed E-state index contributed by atoms with van der Waals surface area (Å²) in [6.45, 7) is 3.44. The zero-order valence-corrected chi connectivity index (χ0v) is 17.5. The van der Waals surface area contributed by atoms with Gasteiger partial charge in [0, 0.05) is 0 Å². The van der Waals surface area contributed by atoms with Gasteiger partial charge in [0.05, 0.1) is 6.04 Å². The number of hydrogen-bond acceptors (Lipinski definition) is 5. The first kappa shape index (κ1) is 21.4. The highest BCUT2D eigenvalue weighted by molar-refractivity contribution is 6.63. The lowest BCUT2D eigenvalue weighted by Crippen LogP contribution is -2.55. The highest BCUT2D eigenvalue weighted by atomic mass is 28.4. The van der Waals surface area contributed by atoms with Crippen molar-refractivity contribution in [3.8, 4) is 17.2 Å². The van der Waals surface area contributed by atoms with Gasteiger partial charge in [-0.05, 0) is 48.9 Å². The van der Waals surface area contributed by atoms with Crippen molar-refractivity contribution < 1.29 is 23.2 Å². The summed E-state index contributed by atoms with van der Waals surface area (Å²) in [5.74, 6) is 1.30. The third-order valence-corrected chi connectivity index (χ3v) is 6.84. The quantitative estimate of drug-likeness (QED) is 0.361. The summed E-state index contributed by atoms with van der Waals surface area (Å²) in [6, 6.07) is 27.9. The van der Waals surface area contributed by atoms with Gasteiger partial charge in [-0.2, -0.15) is 0 Å². The van der Waals surface area contributed by atoms with Gasteiger partial charge in [-0.15, -0.1) is 0 Å². The Kier molecular flexibility index (Phi) is 7.43. The molecule has 6 heteroatoms. The molecule has 5 nitrogen and oxygen atoms in total. The number of carbonyl (C=O) groups is 1. The Morgan fingerprint density at radius 2 is 1.17 bits per heavy atom. The van der Waals surface area contributed by atoms with Gasteiger partial charge >= 0.3 is 8.80 Å². The Bertz CT molecular complexity index is 830. The predicted molar refractivity (Wildman–Crippen MR) is 118 cm³/mol. The molecule has 0 aliphatic rings. The molecule has 3 rings (SSSR count). The van der Waals surface area contributed by atoms with Gasteiger partial charge in [0.1, 0.15) is 23.4 Å². The first-order valence-corrected chi connectivity index (χ1v) is 11.6. The van der Waals surface area contributed by atoms with Gasteiger partial charge in [0.2, 0.25) is 0 Å². The minimum absolute atomic E-state index is 0.115. The molecule has 1 atom stereocenters. The maximum Gasteiger partial charge on any atom is 0.699 e. The zero-order valence-electron chi connectivity index (χ0n) is 16.5. The summed E-state index contributed by atoms with van der Waals surface area (Å²) >= 11 is 0. The lowest BCUT2D eigenvalue weighted by molar-refractivity contribution is -0.122. The zero-order chi connectivity index (χ0) is 21.2. The summed E-state index contributed by atoms with van der Waals surface area (Å²) < 4.78 is 19.0. The molecule has 0 radical (unpaired) electrons. The first-order valence-electron chi connectivity index (χ1n) is 9.67. The fraction of sp³-hybridized carbons (Fsp3) is 0.125. The van der Waals surface area contributed by atoms with Gasteiger partial charge in [-0.3, -0.25) is 4.79 Å². The molecule has 1 N–H and O–H groups in total. The molecule has 0 aliphatic carbocycles. The second-order valence-electron chi connectivity index (χ2n) is 6.59. The molecule has 0 saturated carbocycles. The maximum atomic E-state index is 11.8. The minimum Gasteiger partial charge on any atom is -0.483 e. The van der Waals surface area contributed by atoms with Crippen molar-refractivity contribution >= 4 is 14.6 Å². The average Bonchev–Trinajstić information content (AvgIpc) is 2.79. The van der Waals surface area contributed by atoms with E-state index in [1.807, 2.05) is 91.0 Å². The van der Waals surface area contributed by atoms with Gasteiger partial charge in [-0.25, -0.2) is 0 Å². The van der Waals surface area contributed by atoms with Crippen LogP contribution in [0.4, 0.5) is 0 Å².